The first-order chi connectivity index (χ1) is 7.56. The molecular weight excluding hydrogens is 213 g/mol. The lowest BCUT2D eigenvalue weighted by Crippen LogP contribution is -2.33. The van der Waals surface area contributed by atoms with Crippen LogP contribution in [0.5, 0.6) is 0 Å². The highest BCUT2D eigenvalue weighted by atomic mass is 19.1. The van der Waals surface area contributed by atoms with Crippen molar-refractivity contribution < 1.29 is 18.7 Å². The smallest absolute Gasteiger partial charge is 0.396 e. The van der Waals surface area contributed by atoms with E-state index in [4.69, 9.17) is 0 Å². The Morgan fingerprint density at radius 3 is 2.56 bits per heavy atom. The number of hydrogen-bond donors (Lipinski definition) is 0. The maximum atomic E-state index is 13.2. The molecule has 0 saturated carbocycles. The van der Waals surface area contributed by atoms with Crippen LogP contribution >= 0.6 is 0 Å². The number of hydrogen-bond acceptors (Lipinski definition) is 3. The van der Waals surface area contributed by atoms with Gasteiger partial charge in [-0.05, 0) is 6.07 Å². The van der Waals surface area contributed by atoms with E-state index in [1.807, 2.05) is 0 Å². The summed E-state index contributed by atoms with van der Waals surface area (Å²) >= 11 is 0. The minimum absolute atomic E-state index is 0.0284. The summed E-state index contributed by atoms with van der Waals surface area (Å²) in [5.41, 5.74) is 0.349. The third kappa shape index (κ3) is 2.79. The monoisotopic (exact) mass is 225 g/mol. The number of carbonyl (C=O) groups is 2. The molecule has 1 aromatic rings. The molecule has 0 unspecified atom stereocenters. The summed E-state index contributed by atoms with van der Waals surface area (Å²) < 4.78 is 17.5. The van der Waals surface area contributed by atoms with E-state index < -0.39 is 17.7 Å². The zero-order valence-corrected chi connectivity index (χ0v) is 9.07. The molecule has 0 aliphatic heterocycles. The van der Waals surface area contributed by atoms with Gasteiger partial charge in [0, 0.05) is 19.2 Å². The number of carbonyl (C=O) groups excluding carboxylic acids is 2. The Kier molecular flexibility index (Phi) is 3.99. The van der Waals surface area contributed by atoms with E-state index in [1.165, 1.54) is 13.1 Å². The Morgan fingerprint density at radius 1 is 1.38 bits per heavy atom. The van der Waals surface area contributed by atoms with Crippen molar-refractivity contribution in [3.63, 3.8) is 0 Å². The number of methoxy groups -OCH3 is 1. The lowest BCUT2D eigenvalue weighted by Gasteiger charge is -2.15. The van der Waals surface area contributed by atoms with Gasteiger partial charge in [-0.3, -0.25) is 4.79 Å². The maximum Gasteiger partial charge on any atom is 0.396 e. The number of benzene rings is 1. The molecule has 86 valence electrons. The van der Waals surface area contributed by atoms with Crippen LogP contribution < -0.4 is 0 Å². The molecule has 0 radical (unpaired) electrons. The number of halogens is 1. The van der Waals surface area contributed by atoms with Gasteiger partial charge in [0.15, 0.2) is 0 Å². The SMILES string of the molecule is COC(=O)C(=O)N(C)Cc1ccccc1F. The Balaban J connectivity index is 2.72. The molecule has 0 aliphatic carbocycles. The molecule has 0 saturated heterocycles. The van der Waals surface area contributed by atoms with Gasteiger partial charge in [-0.25, -0.2) is 9.18 Å². The highest BCUT2D eigenvalue weighted by Crippen LogP contribution is 2.08. The van der Waals surface area contributed by atoms with Gasteiger partial charge in [0.05, 0.1) is 7.11 Å². The molecule has 0 bridgehead atoms. The number of nitrogens with zero attached hydrogens (tertiary/aromatic N) is 1. The molecular formula is C11H12FNO3. The van der Waals surface area contributed by atoms with Gasteiger partial charge in [-0.2, -0.15) is 0 Å². The fourth-order valence-electron chi connectivity index (χ4n) is 1.20. The summed E-state index contributed by atoms with van der Waals surface area (Å²) in [4.78, 5) is 23.3. The topological polar surface area (TPSA) is 46.6 Å². The molecule has 4 nitrogen and oxygen atoms in total. The number of likely N-dealkylation sites (N-methyl/N-ethyl adjacent to an activating group) is 1. The minimum atomic E-state index is -0.959. The second-order valence-electron chi connectivity index (χ2n) is 3.24. The van der Waals surface area contributed by atoms with Crippen molar-refractivity contribution in [3.8, 4) is 0 Å². The van der Waals surface area contributed by atoms with E-state index in [1.54, 1.807) is 18.2 Å². The van der Waals surface area contributed by atoms with Crippen LogP contribution in [-0.2, 0) is 20.9 Å². The first kappa shape index (κ1) is 12.2. The standard InChI is InChI=1S/C11H12FNO3/c1-13(10(14)11(15)16-2)7-8-5-3-4-6-9(8)12/h3-6H,7H2,1-2H3. The molecule has 0 aliphatic rings. The Hall–Kier alpha value is -1.91. The van der Waals surface area contributed by atoms with Gasteiger partial charge in [0.2, 0.25) is 0 Å². The molecule has 0 N–H and O–H groups in total. The Labute approximate surface area is 92.6 Å². The van der Waals surface area contributed by atoms with Gasteiger partial charge in [0.1, 0.15) is 5.82 Å². The normalized spacial score (nSPS) is 9.69. The first-order valence-corrected chi connectivity index (χ1v) is 4.63. The number of amides is 1. The molecule has 0 aromatic heterocycles. The third-order valence-electron chi connectivity index (χ3n) is 2.07. The quantitative estimate of drug-likeness (QED) is 0.556. The van der Waals surface area contributed by atoms with Crippen LogP contribution in [0.3, 0.4) is 0 Å². The highest BCUT2D eigenvalue weighted by Gasteiger charge is 2.19. The van der Waals surface area contributed by atoms with E-state index in [0.717, 1.165) is 12.0 Å². The molecule has 1 amide bonds. The van der Waals surface area contributed by atoms with Crippen molar-refractivity contribution in [1.29, 1.82) is 0 Å². The molecule has 0 fully saturated rings. The molecule has 0 atom stereocenters. The highest BCUT2D eigenvalue weighted by molar-refractivity contribution is 6.32. The molecule has 0 spiro atoms. The average Bonchev–Trinajstić information content (AvgIpc) is 2.30. The molecule has 1 aromatic carbocycles. The van der Waals surface area contributed by atoms with E-state index in [2.05, 4.69) is 4.74 Å². The number of esters is 1. The summed E-state index contributed by atoms with van der Waals surface area (Å²) in [6.45, 7) is 0.0284. The average molecular weight is 225 g/mol. The number of ether oxygens (including phenoxy) is 1. The summed E-state index contributed by atoms with van der Waals surface area (Å²) in [5.74, 6) is -2.17. The van der Waals surface area contributed by atoms with Gasteiger partial charge in [0.25, 0.3) is 0 Å². The summed E-state index contributed by atoms with van der Waals surface area (Å²) in [6.07, 6.45) is 0. The van der Waals surface area contributed by atoms with Crippen molar-refractivity contribution in [3.05, 3.63) is 35.6 Å². The fourth-order valence-corrected chi connectivity index (χ4v) is 1.20. The van der Waals surface area contributed by atoms with Crippen LogP contribution in [0, 0.1) is 5.82 Å². The Bertz CT molecular complexity index is 406. The largest absolute Gasteiger partial charge is 0.462 e. The second kappa shape index (κ2) is 5.25. The van der Waals surface area contributed by atoms with E-state index in [-0.39, 0.29) is 6.54 Å². The molecule has 1 rings (SSSR count). The third-order valence-corrected chi connectivity index (χ3v) is 2.07. The van der Waals surface area contributed by atoms with Gasteiger partial charge in [-0.15, -0.1) is 0 Å². The predicted octanol–water partition coefficient (Wildman–Crippen LogP) is 0.957. The number of rotatable bonds is 2. The van der Waals surface area contributed by atoms with Crippen molar-refractivity contribution in [1.82, 2.24) is 4.90 Å². The zero-order valence-electron chi connectivity index (χ0n) is 9.07. The lowest BCUT2D eigenvalue weighted by atomic mass is 10.2. The van der Waals surface area contributed by atoms with Crippen LogP contribution in [0.4, 0.5) is 4.39 Å². The van der Waals surface area contributed by atoms with Crippen molar-refractivity contribution in [2.24, 2.45) is 0 Å². The summed E-state index contributed by atoms with van der Waals surface area (Å²) in [7, 11) is 2.53. The van der Waals surface area contributed by atoms with Crippen molar-refractivity contribution in [2.75, 3.05) is 14.2 Å². The molecule has 16 heavy (non-hydrogen) atoms. The van der Waals surface area contributed by atoms with Crippen LogP contribution in [0.2, 0.25) is 0 Å². The predicted molar refractivity (Wildman–Crippen MR) is 54.9 cm³/mol. The van der Waals surface area contributed by atoms with Crippen LogP contribution in [-0.4, -0.2) is 30.9 Å². The van der Waals surface area contributed by atoms with Crippen LogP contribution in [0.25, 0.3) is 0 Å². The van der Waals surface area contributed by atoms with Crippen LogP contribution in [0.15, 0.2) is 24.3 Å². The lowest BCUT2D eigenvalue weighted by molar-refractivity contribution is -0.157. The Morgan fingerprint density at radius 2 is 2.00 bits per heavy atom. The minimum Gasteiger partial charge on any atom is -0.462 e. The van der Waals surface area contributed by atoms with Gasteiger partial charge in [-0.1, -0.05) is 18.2 Å². The van der Waals surface area contributed by atoms with Gasteiger partial charge >= 0.3 is 11.9 Å². The van der Waals surface area contributed by atoms with E-state index in [0.29, 0.717) is 5.56 Å². The van der Waals surface area contributed by atoms with Crippen LogP contribution in [0.1, 0.15) is 5.56 Å². The summed E-state index contributed by atoms with van der Waals surface area (Å²) in [6, 6.07) is 6.07. The zero-order chi connectivity index (χ0) is 12.1. The first-order valence-electron chi connectivity index (χ1n) is 4.63. The molecule has 5 heteroatoms. The van der Waals surface area contributed by atoms with Gasteiger partial charge < -0.3 is 9.64 Å². The molecule has 0 heterocycles. The van der Waals surface area contributed by atoms with Crippen molar-refractivity contribution >= 4 is 11.9 Å². The fraction of sp³-hybridized carbons (Fsp3) is 0.273. The van der Waals surface area contributed by atoms with E-state index in [9.17, 15) is 14.0 Å². The second-order valence-corrected chi connectivity index (χ2v) is 3.24. The van der Waals surface area contributed by atoms with Crippen molar-refractivity contribution in [2.45, 2.75) is 6.54 Å². The maximum absolute atomic E-state index is 13.2. The summed E-state index contributed by atoms with van der Waals surface area (Å²) in [5, 5.41) is 0. The van der Waals surface area contributed by atoms with E-state index >= 15 is 0 Å².